The zero-order valence-corrected chi connectivity index (χ0v) is 11.1. The van der Waals surface area contributed by atoms with E-state index in [1.807, 2.05) is 0 Å². The fourth-order valence-corrected chi connectivity index (χ4v) is 3.25. The Hall–Kier alpha value is -0.130. The van der Waals surface area contributed by atoms with Crippen LogP contribution in [0.5, 0.6) is 0 Å². The van der Waals surface area contributed by atoms with E-state index >= 15 is 0 Å². The van der Waals surface area contributed by atoms with Crippen LogP contribution in [-0.2, 0) is 9.84 Å². The average molecular weight is 248 g/mol. The highest BCUT2D eigenvalue weighted by atomic mass is 32.2. The van der Waals surface area contributed by atoms with Crippen molar-refractivity contribution in [2.24, 2.45) is 0 Å². The summed E-state index contributed by atoms with van der Waals surface area (Å²) >= 11 is 0. The highest BCUT2D eigenvalue weighted by Gasteiger charge is 2.18. The van der Waals surface area contributed by atoms with Crippen LogP contribution >= 0.6 is 0 Å². The molecule has 0 unspecified atom stereocenters. The lowest BCUT2D eigenvalue weighted by atomic mass is 10.3. The molecule has 16 heavy (non-hydrogen) atoms. The van der Waals surface area contributed by atoms with E-state index in [0.717, 1.165) is 45.6 Å². The van der Waals surface area contributed by atoms with Gasteiger partial charge < -0.3 is 10.2 Å². The molecule has 0 saturated carbocycles. The van der Waals surface area contributed by atoms with E-state index in [4.69, 9.17) is 0 Å². The lowest BCUT2D eigenvalue weighted by Gasteiger charge is -2.18. The molecule has 1 aliphatic rings. The highest BCUT2D eigenvalue weighted by molar-refractivity contribution is 7.91. The van der Waals surface area contributed by atoms with Gasteiger partial charge in [-0.1, -0.05) is 6.92 Å². The Morgan fingerprint density at radius 1 is 1.19 bits per heavy atom. The van der Waals surface area contributed by atoms with Crippen molar-refractivity contribution < 1.29 is 8.42 Å². The molecule has 4 nitrogen and oxygen atoms in total. The Morgan fingerprint density at radius 3 is 2.75 bits per heavy atom. The van der Waals surface area contributed by atoms with Crippen LogP contribution in [0, 0.1) is 0 Å². The zero-order chi connectivity index (χ0) is 11.9. The summed E-state index contributed by atoms with van der Waals surface area (Å²) < 4.78 is 22.8. The molecular weight excluding hydrogens is 224 g/mol. The Morgan fingerprint density at radius 2 is 2.00 bits per heavy atom. The van der Waals surface area contributed by atoms with Gasteiger partial charge in [-0.05, 0) is 45.4 Å². The minimum atomic E-state index is -2.75. The van der Waals surface area contributed by atoms with Crippen molar-refractivity contribution in [3.05, 3.63) is 0 Å². The smallest absolute Gasteiger partial charge is 0.151 e. The van der Waals surface area contributed by atoms with Crippen molar-refractivity contribution in [1.82, 2.24) is 10.2 Å². The van der Waals surface area contributed by atoms with E-state index in [1.54, 1.807) is 0 Å². The van der Waals surface area contributed by atoms with Gasteiger partial charge in [-0.15, -0.1) is 0 Å². The highest BCUT2D eigenvalue weighted by Crippen LogP contribution is 2.05. The third kappa shape index (κ3) is 5.82. The van der Waals surface area contributed by atoms with Gasteiger partial charge in [-0.3, -0.25) is 0 Å². The quantitative estimate of drug-likeness (QED) is 0.695. The third-order valence-electron chi connectivity index (χ3n) is 2.90. The maximum atomic E-state index is 11.4. The predicted molar refractivity (Wildman–Crippen MR) is 67.5 cm³/mol. The molecule has 96 valence electrons. The molecule has 1 rings (SSSR count). The molecule has 1 heterocycles. The van der Waals surface area contributed by atoms with Gasteiger partial charge >= 0.3 is 0 Å². The molecule has 0 bridgehead atoms. The van der Waals surface area contributed by atoms with Crippen LogP contribution in [-0.4, -0.2) is 57.5 Å². The number of rotatable bonds is 6. The Labute approximate surface area is 99.3 Å². The fraction of sp³-hybridized carbons (Fsp3) is 1.00. The number of hydrogen-bond acceptors (Lipinski definition) is 4. The van der Waals surface area contributed by atoms with Crippen LogP contribution in [0.2, 0.25) is 0 Å². The summed E-state index contributed by atoms with van der Waals surface area (Å²) in [6, 6.07) is 0. The summed E-state index contributed by atoms with van der Waals surface area (Å²) in [7, 11) is -2.75. The van der Waals surface area contributed by atoms with E-state index < -0.39 is 9.84 Å². The molecule has 0 atom stereocenters. The molecule has 1 saturated heterocycles. The first-order valence-corrected chi connectivity index (χ1v) is 8.09. The second-order valence-corrected chi connectivity index (χ2v) is 6.75. The molecule has 0 radical (unpaired) electrons. The first-order chi connectivity index (χ1) is 7.64. The normalized spacial score (nSPS) is 21.8. The van der Waals surface area contributed by atoms with Crippen molar-refractivity contribution in [1.29, 1.82) is 0 Å². The maximum absolute atomic E-state index is 11.4. The van der Waals surface area contributed by atoms with E-state index in [2.05, 4.69) is 17.1 Å². The van der Waals surface area contributed by atoms with E-state index in [9.17, 15) is 8.42 Å². The van der Waals surface area contributed by atoms with E-state index in [0.29, 0.717) is 11.5 Å². The minimum absolute atomic E-state index is 0.343. The van der Waals surface area contributed by atoms with Crippen molar-refractivity contribution in [3.63, 3.8) is 0 Å². The van der Waals surface area contributed by atoms with Crippen LogP contribution in [0.3, 0.4) is 0 Å². The summed E-state index contributed by atoms with van der Waals surface area (Å²) in [6.07, 6.45) is 3.08. The number of hydrogen-bond donors (Lipinski definition) is 1. The standard InChI is InChI=1S/C11H24N2O2S/c1-2-5-12-6-3-7-13-8-4-10-16(14,15)11-9-13/h12H,2-11H2,1H3. The molecule has 0 spiro atoms. The van der Waals surface area contributed by atoms with Crippen LogP contribution in [0.4, 0.5) is 0 Å². The van der Waals surface area contributed by atoms with Crippen LogP contribution in [0.15, 0.2) is 0 Å². The molecule has 0 aliphatic carbocycles. The van der Waals surface area contributed by atoms with Gasteiger partial charge in [0.2, 0.25) is 0 Å². The van der Waals surface area contributed by atoms with Gasteiger partial charge in [0, 0.05) is 6.54 Å². The Balaban J connectivity index is 2.13. The maximum Gasteiger partial charge on any atom is 0.151 e. The molecule has 0 aromatic rings. The number of nitrogens with one attached hydrogen (secondary N) is 1. The van der Waals surface area contributed by atoms with Crippen LogP contribution < -0.4 is 5.32 Å². The lowest BCUT2D eigenvalue weighted by Crippen LogP contribution is -2.30. The fourth-order valence-electron chi connectivity index (χ4n) is 1.94. The van der Waals surface area contributed by atoms with Crippen molar-refractivity contribution in [3.8, 4) is 0 Å². The molecule has 1 aliphatic heterocycles. The molecule has 0 aromatic heterocycles. The van der Waals surface area contributed by atoms with Gasteiger partial charge in [0.1, 0.15) is 0 Å². The van der Waals surface area contributed by atoms with Crippen LogP contribution in [0.1, 0.15) is 26.2 Å². The Kier molecular flexibility index (Phi) is 6.31. The largest absolute Gasteiger partial charge is 0.317 e. The number of nitrogens with zero attached hydrogens (tertiary/aromatic N) is 1. The first-order valence-electron chi connectivity index (χ1n) is 6.27. The van der Waals surface area contributed by atoms with Gasteiger partial charge in [0.05, 0.1) is 11.5 Å². The van der Waals surface area contributed by atoms with Crippen molar-refractivity contribution in [2.45, 2.75) is 26.2 Å². The van der Waals surface area contributed by atoms with Gasteiger partial charge in [-0.2, -0.15) is 0 Å². The molecular formula is C11H24N2O2S. The number of sulfone groups is 1. The van der Waals surface area contributed by atoms with E-state index in [1.165, 1.54) is 6.42 Å². The molecule has 1 N–H and O–H groups in total. The van der Waals surface area contributed by atoms with Gasteiger partial charge in [-0.25, -0.2) is 8.42 Å². The lowest BCUT2D eigenvalue weighted by molar-refractivity contribution is 0.290. The predicted octanol–water partition coefficient (Wildman–Crippen LogP) is 0.497. The molecule has 0 amide bonds. The average Bonchev–Trinajstić information content (AvgIpc) is 2.40. The van der Waals surface area contributed by atoms with Gasteiger partial charge in [0.25, 0.3) is 0 Å². The second-order valence-electron chi connectivity index (χ2n) is 4.45. The first kappa shape index (κ1) is 13.9. The molecule has 0 aromatic carbocycles. The SMILES string of the molecule is CCCNCCCN1CCCS(=O)(=O)CC1. The molecule has 1 fully saturated rings. The summed E-state index contributed by atoms with van der Waals surface area (Å²) in [5.74, 6) is 0.715. The zero-order valence-electron chi connectivity index (χ0n) is 10.2. The second kappa shape index (κ2) is 7.25. The van der Waals surface area contributed by atoms with Crippen molar-refractivity contribution in [2.75, 3.05) is 44.2 Å². The topological polar surface area (TPSA) is 49.4 Å². The van der Waals surface area contributed by atoms with Crippen molar-refractivity contribution >= 4 is 9.84 Å². The summed E-state index contributed by atoms with van der Waals surface area (Å²) in [5.41, 5.74) is 0. The summed E-state index contributed by atoms with van der Waals surface area (Å²) in [5, 5.41) is 3.36. The van der Waals surface area contributed by atoms with Gasteiger partial charge in [0.15, 0.2) is 9.84 Å². The Bertz CT molecular complexity index is 278. The monoisotopic (exact) mass is 248 g/mol. The van der Waals surface area contributed by atoms with E-state index in [-0.39, 0.29) is 0 Å². The summed E-state index contributed by atoms with van der Waals surface area (Å²) in [6.45, 7) is 6.95. The van der Waals surface area contributed by atoms with Crippen LogP contribution in [0.25, 0.3) is 0 Å². The minimum Gasteiger partial charge on any atom is -0.317 e. The third-order valence-corrected chi connectivity index (χ3v) is 4.62. The summed E-state index contributed by atoms with van der Waals surface area (Å²) in [4.78, 5) is 2.28. The molecule has 5 heteroatoms.